The molecule has 0 bridgehead atoms. The molecule has 6 nitrogen and oxygen atoms in total. The standard InChI is InChI=1S/C22H20N4O2S/c1-13(2)14-4-6-23-20(8-14)18-5-7-24-22(26-18)16-10-17-19(9-15(16)12-27)25-11-21(17)29(3)28/h4-13,25H,1-3H3. The number of hydrogen-bond acceptors (Lipinski definition) is 5. The van der Waals surface area contributed by atoms with Crippen LogP contribution in [0, 0.1) is 0 Å². The molecule has 1 unspecified atom stereocenters. The molecule has 3 aromatic heterocycles. The van der Waals surface area contributed by atoms with E-state index in [2.05, 4.69) is 33.8 Å². The van der Waals surface area contributed by atoms with Crippen LogP contribution in [0.1, 0.15) is 35.7 Å². The van der Waals surface area contributed by atoms with E-state index in [1.807, 2.05) is 18.2 Å². The number of aromatic amines is 1. The summed E-state index contributed by atoms with van der Waals surface area (Å²) in [6.07, 6.45) is 7.55. The topological polar surface area (TPSA) is 88.6 Å². The third-order valence-corrected chi connectivity index (χ3v) is 5.82. The van der Waals surface area contributed by atoms with E-state index in [0.29, 0.717) is 33.5 Å². The van der Waals surface area contributed by atoms with Crippen LogP contribution in [0.15, 0.2) is 53.8 Å². The Labute approximate surface area is 170 Å². The number of carbonyl (C=O) groups is 1. The van der Waals surface area contributed by atoms with Crippen LogP contribution in [0.25, 0.3) is 33.7 Å². The third kappa shape index (κ3) is 3.61. The van der Waals surface area contributed by atoms with E-state index < -0.39 is 10.8 Å². The maximum absolute atomic E-state index is 12.0. The van der Waals surface area contributed by atoms with E-state index in [9.17, 15) is 9.00 Å². The summed E-state index contributed by atoms with van der Waals surface area (Å²) in [4.78, 5) is 29.0. The van der Waals surface area contributed by atoms with Crippen molar-refractivity contribution in [2.24, 2.45) is 0 Å². The number of pyridine rings is 1. The predicted octanol–water partition coefficient (Wildman–Crippen LogP) is 4.36. The first-order chi connectivity index (χ1) is 14.0. The summed E-state index contributed by atoms with van der Waals surface area (Å²) in [5.41, 5.74) is 4.43. The second-order valence-electron chi connectivity index (χ2n) is 7.10. The second-order valence-corrected chi connectivity index (χ2v) is 8.45. The molecule has 1 aromatic carbocycles. The molecular weight excluding hydrogens is 384 g/mol. The van der Waals surface area contributed by atoms with Crippen LogP contribution in [-0.2, 0) is 10.8 Å². The minimum atomic E-state index is -1.16. The lowest BCUT2D eigenvalue weighted by Gasteiger charge is -2.09. The summed E-state index contributed by atoms with van der Waals surface area (Å²) in [5, 5.41) is 0.792. The SMILES string of the molecule is CC(C)c1ccnc(-c2ccnc(-c3cc4c(S(C)=O)c[nH]c4cc3C=O)n2)c1. The largest absolute Gasteiger partial charge is 0.360 e. The van der Waals surface area contributed by atoms with Gasteiger partial charge in [-0.15, -0.1) is 0 Å². The maximum atomic E-state index is 12.0. The molecule has 0 aliphatic heterocycles. The van der Waals surface area contributed by atoms with E-state index in [0.717, 1.165) is 22.9 Å². The lowest BCUT2D eigenvalue weighted by molar-refractivity contribution is 0.112. The average molecular weight is 404 g/mol. The number of nitrogens with zero attached hydrogens (tertiary/aromatic N) is 3. The lowest BCUT2D eigenvalue weighted by Crippen LogP contribution is -1.98. The molecule has 0 aliphatic rings. The molecule has 0 aliphatic carbocycles. The molecular formula is C22H20N4O2S. The molecule has 7 heteroatoms. The van der Waals surface area contributed by atoms with Gasteiger partial charge in [0.05, 0.1) is 27.1 Å². The van der Waals surface area contributed by atoms with Crippen LogP contribution in [0.5, 0.6) is 0 Å². The fourth-order valence-electron chi connectivity index (χ4n) is 3.27. The maximum Gasteiger partial charge on any atom is 0.160 e. The zero-order valence-electron chi connectivity index (χ0n) is 16.3. The van der Waals surface area contributed by atoms with Gasteiger partial charge in [0, 0.05) is 46.9 Å². The molecule has 0 saturated heterocycles. The van der Waals surface area contributed by atoms with Gasteiger partial charge in [0.25, 0.3) is 0 Å². The lowest BCUT2D eigenvalue weighted by atomic mass is 10.0. The number of H-pyrrole nitrogens is 1. The Morgan fingerprint density at radius 2 is 1.86 bits per heavy atom. The number of nitrogens with one attached hydrogen (secondary N) is 1. The van der Waals surface area contributed by atoms with Crippen LogP contribution in [0.4, 0.5) is 0 Å². The van der Waals surface area contributed by atoms with Gasteiger partial charge in [0.2, 0.25) is 0 Å². The van der Waals surface area contributed by atoms with Crippen molar-refractivity contribution in [3.05, 3.63) is 60.0 Å². The first-order valence-corrected chi connectivity index (χ1v) is 10.8. The van der Waals surface area contributed by atoms with Crippen molar-refractivity contribution in [2.75, 3.05) is 6.26 Å². The van der Waals surface area contributed by atoms with Gasteiger partial charge in [-0.3, -0.25) is 14.0 Å². The molecule has 0 amide bonds. The van der Waals surface area contributed by atoms with Crippen LogP contribution in [-0.4, -0.2) is 36.7 Å². The summed E-state index contributed by atoms with van der Waals surface area (Å²) >= 11 is 0. The molecule has 3 heterocycles. The van der Waals surface area contributed by atoms with Gasteiger partial charge >= 0.3 is 0 Å². The molecule has 4 aromatic rings. The fraction of sp³-hybridized carbons (Fsp3) is 0.182. The Kier molecular flexibility index (Phi) is 5.07. The summed E-state index contributed by atoms with van der Waals surface area (Å²) in [6.45, 7) is 4.25. The van der Waals surface area contributed by atoms with E-state index >= 15 is 0 Å². The number of hydrogen-bond donors (Lipinski definition) is 1. The Bertz CT molecular complexity index is 1250. The number of aldehydes is 1. The smallest absolute Gasteiger partial charge is 0.160 e. The highest BCUT2D eigenvalue weighted by Crippen LogP contribution is 2.30. The molecule has 0 radical (unpaired) electrons. The first-order valence-electron chi connectivity index (χ1n) is 9.21. The summed E-state index contributed by atoms with van der Waals surface area (Å²) in [7, 11) is -1.16. The van der Waals surface area contributed by atoms with Gasteiger partial charge in [-0.1, -0.05) is 13.8 Å². The highest BCUT2D eigenvalue weighted by Gasteiger charge is 2.15. The normalized spacial score (nSPS) is 12.4. The monoisotopic (exact) mass is 404 g/mol. The van der Waals surface area contributed by atoms with Crippen molar-refractivity contribution in [1.29, 1.82) is 0 Å². The number of benzene rings is 1. The van der Waals surface area contributed by atoms with Gasteiger partial charge < -0.3 is 4.98 Å². The van der Waals surface area contributed by atoms with Gasteiger partial charge in [-0.05, 0) is 41.8 Å². The van der Waals surface area contributed by atoms with E-state index in [1.54, 1.807) is 37.0 Å². The van der Waals surface area contributed by atoms with Crippen molar-refractivity contribution in [2.45, 2.75) is 24.7 Å². The van der Waals surface area contributed by atoms with Crippen molar-refractivity contribution in [1.82, 2.24) is 19.9 Å². The number of fused-ring (bicyclic) bond motifs is 1. The molecule has 0 fully saturated rings. The minimum Gasteiger partial charge on any atom is -0.360 e. The van der Waals surface area contributed by atoms with E-state index in [-0.39, 0.29) is 0 Å². The third-order valence-electron chi connectivity index (χ3n) is 4.86. The van der Waals surface area contributed by atoms with E-state index in [1.165, 1.54) is 5.56 Å². The molecule has 4 rings (SSSR count). The first kappa shape index (κ1) is 19.1. The predicted molar refractivity (Wildman–Crippen MR) is 114 cm³/mol. The van der Waals surface area contributed by atoms with E-state index in [4.69, 9.17) is 0 Å². The van der Waals surface area contributed by atoms with Crippen molar-refractivity contribution >= 4 is 28.0 Å². The summed E-state index contributed by atoms with van der Waals surface area (Å²) in [6, 6.07) is 9.38. The summed E-state index contributed by atoms with van der Waals surface area (Å²) in [5.74, 6) is 0.807. The quantitative estimate of drug-likeness (QED) is 0.499. The fourth-order valence-corrected chi connectivity index (χ4v) is 3.97. The van der Waals surface area contributed by atoms with Crippen LogP contribution >= 0.6 is 0 Å². The van der Waals surface area contributed by atoms with Crippen molar-refractivity contribution < 1.29 is 9.00 Å². The molecule has 0 saturated carbocycles. The molecule has 1 N–H and O–H groups in total. The molecule has 29 heavy (non-hydrogen) atoms. The van der Waals surface area contributed by atoms with Crippen molar-refractivity contribution in [3.63, 3.8) is 0 Å². The highest BCUT2D eigenvalue weighted by molar-refractivity contribution is 7.84. The van der Waals surface area contributed by atoms with Gasteiger partial charge in [0.15, 0.2) is 12.1 Å². The van der Waals surface area contributed by atoms with Gasteiger partial charge in [-0.25, -0.2) is 9.97 Å². The van der Waals surface area contributed by atoms with Crippen LogP contribution in [0.2, 0.25) is 0 Å². The minimum absolute atomic E-state index is 0.379. The van der Waals surface area contributed by atoms with Gasteiger partial charge in [0.1, 0.15) is 0 Å². The zero-order valence-corrected chi connectivity index (χ0v) is 17.2. The Morgan fingerprint density at radius 3 is 2.59 bits per heavy atom. The van der Waals surface area contributed by atoms with Crippen LogP contribution < -0.4 is 0 Å². The Hall–Kier alpha value is -3.19. The molecule has 0 spiro atoms. The molecule has 146 valence electrons. The van der Waals surface area contributed by atoms with Gasteiger partial charge in [-0.2, -0.15) is 0 Å². The number of carbonyl (C=O) groups excluding carboxylic acids is 1. The van der Waals surface area contributed by atoms with Crippen molar-refractivity contribution in [3.8, 4) is 22.8 Å². The average Bonchev–Trinajstić information content (AvgIpc) is 3.16. The van der Waals surface area contributed by atoms with Crippen LogP contribution in [0.3, 0.4) is 0 Å². The second kappa shape index (κ2) is 7.67. The summed E-state index contributed by atoms with van der Waals surface area (Å²) < 4.78 is 12.0. The molecule has 1 atom stereocenters. The Morgan fingerprint density at radius 1 is 1.07 bits per heavy atom. The number of rotatable bonds is 5. The number of aromatic nitrogens is 4. The Balaban J connectivity index is 1.87. The highest BCUT2D eigenvalue weighted by atomic mass is 32.2. The zero-order chi connectivity index (χ0) is 20.5.